The van der Waals surface area contributed by atoms with Crippen molar-refractivity contribution in [1.82, 2.24) is 14.5 Å². The maximum Gasteiger partial charge on any atom is 0.255 e. The van der Waals surface area contributed by atoms with Gasteiger partial charge in [-0.15, -0.1) is 0 Å². The summed E-state index contributed by atoms with van der Waals surface area (Å²) < 4.78 is 2.18. The van der Waals surface area contributed by atoms with Crippen LogP contribution in [0, 0.1) is 0 Å². The smallest absolute Gasteiger partial charge is 0.255 e. The van der Waals surface area contributed by atoms with Gasteiger partial charge in [-0.05, 0) is 42.3 Å². The minimum Gasteiger partial charge on any atom is -0.383 e. The third-order valence-electron chi connectivity index (χ3n) is 5.15. The van der Waals surface area contributed by atoms with E-state index < -0.39 is 0 Å². The fourth-order valence-electron chi connectivity index (χ4n) is 3.85. The Hall–Kier alpha value is -3.93. The zero-order chi connectivity index (χ0) is 19.8. The summed E-state index contributed by atoms with van der Waals surface area (Å²) >= 11 is 0. The molecule has 0 aliphatic carbocycles. The highest BCUT2D eigenvalue weighted by atomic mass is 16.1. The van der Waals surface area contributed by atoms with Crippen molar-refractivity contribution in [3.63, 3.8) is 0 Å². The number of nitrogens with one attached hydrogen (secondary N) is 1. The van der Waals surface area contributed by atoms with Gasteiger partial charge in [0.25, 0.3) is 5.91 Å². The summed E-state index contributed by atoms with van der Waals surface area (Å²) in [5, 5.41) is 3.82. The summed E-state index contributed by atoms with van der Waals surface area (Å²) in [6, 6.07) is 17.0. The number of nitrogens with two attached hydrogens (primary N) is 1. The van der Waals surface area contributed by atoms with E-state index in [0.717, 1.165) is 46.5 Å². The van der Waals surface area contributed by atoms with Crippen LogP contribution in [0.1, 0.15) is 22.5 Å². The van der Waals surface area contributed by atoms with Gasteiger partial charge in [0.1, 0.15) is 17.8 Å². The van der Waals surface area contributed by atoms with Gasteiger partial charge in [-0.1, -0.05) is 36.4 Å². The monoisotopic (exact) mass is 381 g/mol. The molecule has 0 saturated carbocycles. The van der Waals surface area contributed by atoms with Crippen molar-refractivity contribution in [3.05, 3.63) is 78.3 Å². The minimum absolute atomic E-state index is 0.144. The number of fused-ring (bicyclic) bond motifs is 3. The molecule has 0 fully saturated rings. The zero-order valence-corrected chi connectivity index (χ0v) is 15.7. The molecule has 1 aliphatic heterocycles. The Balaban J connectivity index is 1.61. The van der Waals surface area contributed by atoms with Gasteiger partial charge in [-0.25, -0.2) is 9.97 Å². The first kappa shape index (κ1) is 17.2. The quantitative estimate of drug-likeness (QED) is 0.552. The van der Waals surface area contributed by atoms with E-state index in [0.29, 0.717) is 11.4 Å². The van der Waals surface area contributed by atoms with Crippen LogP contribution < -0.4 is 11.1 Å². The summed E-state index contributed by atoms with van der Waals surface area (Å²) in [6.07, 6.45) is 6.72. The van der Waals surface area contributed by atoms with Gasteiger partial charge in [0.15, 0.2) is 0 Å². The minimum atomic E-state index is -0.144. The molecule has 2 aromatic heterocycles. The number of nitrogen functional groups attached to an aromatic ring is 1. The Labute approximate surface area is 167 Å². The molecule has 4 aromatic rings. The molecule has 0 spiro atoms. The summed E-state index contributed by atoms with van der Waals surface area (Å²) in [4.78, 5) is 21.2. The maximum atomic E-state index is 12.5. The average Bonchev–Trinajstić information content (AvgIpc) is 3.10. The number of aromatic nitrogens is 3. The normalized spacial score (nSPS) is 12.7. The number of allylic oxidation sites excluding steroid dienone is 1. The standard InChI is InChI=1S/C23H19N5O/c24-21-20-19(18-11-4-5-12-28(18)22(20)26-14-25-21)16-9-6-10-17(13-16)27-23(29)15-7-2-1-3-8-15/h1-4,6-11,13-14H,5,12H2,(H,27,29)(H2,24,25,26). The highest BCUT2D eigenvalue weighted by molar-refractivity contribution is 6.07. The molecule has 3 heterocycles. The maximum absolute atomic E-state index is 12.5. The molecule has 6 nitrogen and oxygen atoms in total. The molecule has 2 aromatic carbocycles. The number of nitrogens with zero attached hydrogens (tertiary/aromatic N) is 3. The molecule has 0 radical (unpaired) electrons. The molecule has 142 valence electrons. The highest BCUT2D eigenvalue weighted by Crippen LogP contribution is 2.39. The Morgan fingerprint density at radius 1 is 1.07 bits per heavy atom. The van der Waals surface area contributed by atoms with Crippen LogP contribution in [0.4, 0.5) is 11.5 Å². The Morgan fingerprint density at radius 2 is 1.93 bits per heavy atom. The van der Waals surface area contributed by atoms with Crippen molar-refractivity contribution < 1.29 is 4.79 Å². The number of amides is 1. The van der Waals surface area contributed by atoms with Crippen LogP contribution in [0.25, 0.3) is 28.2 Å². The van der Waals surface area contributed by atoms with E-state index in [1.165, 1.54) is 6.33 Å². The summed E-state index contributed by atoms with van der Waals surface area (Å²) in [5.74, 6) is 0.313. The zero-order valence-electron chi connectivity index (χ0n) is 15.7. The first-order chi connectivity index (χ1) is 14.2. The molecular formula is C23H19N5O. The molecule has 0 saturated heterocycles. The first-order valence-corrected chi connectivity index (χ1v) is 9.48. The van der Waals surface area contributed by atoms with Gasteiger partial charge < -0.3 is 15.6 Å². The highest BCUT2D eigenvalue weighted by Gasteiger charge is 2.22. The molecule has 6 heteroatoms. The van der Waals surface area contributed by atoms with Crippen molar-refractivity contribution in [2.24, 2.45) is 0 Å². The van der Waals surface area contributed by atoms with Crippen molar-refractivity contribution in [1.29, 1.82) is 0 Å². The lowest BCUT2D eigenvalue weighted by molar-refractivity contribution is 0.102. The van der Waals surface area contributed by atoms with Gasteiger partial charge in [0.2, 0.25) is 0 Å². The number of rotatable bonds is 3. The predicted octanol–water partition coefficient (Wildman–Crippen LogP) is 4.35. The Morgan fingerprint density at radius 3 is 2.79 bits per heavy atom. The van der Waals surface area contributed by atoms with Gasteiger partial charge in [0.05, 0.1) is 11.1 Å². The van der Waals surface area contributed by atoms with Crippen LogP contribution in [-0.2, 0) is 6.54 Å². The van der Waals surface area contributed by atoms with Crippen LogP contribution in [0.2, 0.25) is 0 Å². The van der Waals surface area contributed by atoms with E-state index in [9.17, 15) is 4.79 Å². The summed E-state index contributed by atoms with van der Waals surface area (Å²) in [7, 11) is 0. The van der Waals surface area contributed by atoms with Crippen LogP contribution >= 0.6 is 0 Å². The lowest BCUT2D eigenvalue weighted by Gasteiger charge is -2.12. The lowest BCUT2D eigenvalue weighted by atomic mass is 10.0. The van der Waals surface area contributed by atoms with Crippen LogP contribution in [0.3, 0.4) is 0 Å². The molecular weight excluding hydrogens is 362 g/mol. The molecule has 0 unspecified atom stereocenters. The van der Waals surface area contributed by atoms with Crippen molar-refractivity contribution in [3.8, 4) is 11.1 Å². The molecule has 5 rings (SSSR count). The van der Waals surface area contributed by atoms with E-state index in [1.54, 1.807) is 12.1 Å². The number of hydrogen-bond acceptors (Lipinski definition) is 4. The molecule has 1 amide bonds. The third-order valence-corrected chi connectivity index (χ3v) is 5.15. The fraction of sp³-hybridized carbons (Fsp3) is 0.0870. The number of carbonyl (C=O) groups excluding carboxylic acids is 1. The van der Waals surface area contributed by atoms with E-state index in [4.69, 9.17) is 5.73 Å². The molecule has 1 aliphatic rings. The second-order valence-electron chi connectivity index (χ2n) is 6.96. The lowest BCUT2D eigenvalue weighted by Crippen LogP contribution is -2.11. The predicted molar refractivity (Wildman–Crippen MR) is 115 cm³/mol. The molecule has 0 atom stereocenters. The number of aryl methyl sites for hydroxylation is 1. The summed E-state index contributed by atoms with van der Waals surface area (Å²) in [5.41, 5.74) is 11.4. The van der Waals surface area contributed by atoms with Crippen molar-refractivity contribution in [2.45, 2.75) is 13.0 Å². The number of anilines is 2. The van der Waals surface area contributed by atoms with E-state index in [1.807, 2.05) is 42.5 Å². The second kappa shape index (κ2) is 6.91. The number of carbonyl (C=O) groups is 1. The van der Waals surface area contributed by atoms with Crippen LogP contribution in [0.15, 0.2) is 67.0 Å². The number of benzene rings is 2. The van der Waals surface area contributed by atoms with Crippen molar-refractivity contribution in [2.75, 3.05) is 11.1 Å². The largest absolute Gasteiger partial charge is 0.383 e. The SMILES string of the molecule is Nc1ncnc2c1c(-c1cccc(NC(=O)c3ccccc3)c1)c1n2CCC=C1. The van der Waals surface area contributed by atoms with Crippen LogP contribution in [0.5, 0.6) is 0 Å². The molecule has 29 heavy (non-hydrogen) atoms. The summed E-state index contributed by atoms with van der Waals surface area (Å²) in [6.45, 7) is 0.850. The van der Waals surface area contributed by atoms with Crippen LogP contribution in [-0.4, -0.2) is 20.4 Å². The third kappa shape index (κ3) is 2.95. The Kier molecular flexibility index (Phi) is 4.09. The first-order valence-electron chi connectivity index (χ1n) is 9.48. The van der Waals surface area contributed by atoms with Gasteiger partial charge in [0, 0.05) is 23.4 Å². The second-order valence-corrected chi connectivity index (χ2v) is 6.96. The van der Waals surface area contributed by atoms with Gasteiger partial charge >= 0.3 is 0 Å². The van der Waals surface area contributed by atoms with E-state index >= 15 is 0 Å². The average molecular weight is 381 g/mol. The number of hydrogen-bond donors (Lipinski definition) is 2. The van der Waals surface area contributed by atoms with E-state index in [-0.39, 0.29) is 5.91 Å². The van der Waals surface area contributed by atoms with Gasteiger partial charge in [-0.3, -0.25) is 4.79 Å². The van der Waals surface area contributed by atoms with Crippen molar-refractivity contribution >= 4 is 34.5 Å². The Bertz CT molecular complexity index is 1260. The fourth-order valence-corrected chi connectivity index (χ4v) is 3.85. The topological polar surface area (TPSA) is 85.8 Å². The molecule has 0 bridgehead atoms. The molecule has 3 N–H and O–H groups in total. The van der Waals surface area contributed by atoms with Gasteiger partial charge in [-0.2, -0.15) is 0 Å². The van der Waals surface area contributed by atoms with E-state index in [2.05, 4.69) is 32.0 Å².